The van der Waals surface area contributed by atoms with Gasteiger partial charge < -0.3 is 9.84 Å². The number of aromatic amines is 1. The number of hydrogen-bond donors (Lipinski definition) is 2. The van der Waals surface area contributed by atoms with E-state index >= 15 is 0 Å². The molecular formula is C23H22N4O3. The summed E-state index contributed by atoms with van der Waals surface area (Å²) in [5.74, 6) is -0.756. The molecule has 4 aromatic rings. The minimum Gasteiger partial charge on any atom is -0.379 e. The molecule has 0 amide bonds. The fourth-order valence-corrected chi connectivity index (χ4v) is 3.44. The van der Waals surface area contributed by atoms with Crippen LogP contribution in [-0.2, 0) is 13.1 Å². The van der Waals surface area contributed by atoms with Crippen LogP contribution in [-0.4, -0.2) is 14.7 Å². The van der Waals surface area contributed by atoms with Crippen molar-refractivity contribution in [2.24, 2.45) is 0 Å². The Kier molecular flexibility index (Phi) is 5.34. The second-order valence-corrected chi connectivity index (χ2v) is 7.18. The molecule has 0 bridgehead atoms. The van der Waals surface area contributed by atoms with E-state index in [4.69, 9.17) is 9.51 Å². The van der Waals surface area contributed by atoms with Crippen LogP contribution in [0.3, 0.4) is 0 Å². The minimum absolute atomic E-state index is 0.192. The first-order valence-electron chi connectivity index (χ1n) is 9.65. The maximum atomic E-state index is 11.5. The third-order valence-electron chi connectivity index (χ3n) is 4.93. The van der Waals surface area contributed by atoms with Crippen molar-refractivity contribution in [3.63, 3.8) is 0 Å². The molecule has 0 aliphatic heterocycles. The summed E-state index contributed by atoms with van der Waals surface area (Å²) in [6, 6.07) is 19.9. The van der Waals surface area contributed by atoms with Crippen molar-refractivity contribution in [3.8, 4) is 11.3 Å². The van der Waals surface area contributed by atoms with Gasteiger partial charge in [-0.1, -0.05) is 36.4 Å². The van der Waals surface area contributed by atoms with Crippen LogP contribution in [0.15, 0.2) is 74.8 Å². The van der Waals surface area contributed by atoms with Gasteiger partial charge in [-0.2, -0.15) is 0 Å². The van der Waals surface area contributed by atoms with E-state index in [9.17, 15) is 9.59 Å². The summed E-state index contributed by atoms with van der Waals surface area (Å²) in [4.78, 5) is 29.5. The molecule has 0 fully saturated rings. The van der Waals surface area contributed by atoms with Gasteiger partial charge in [0.1, 0.15) is 0 Å². The summed E-state index contributed by atoms with van der Waals surface area (Å²) < 4.78 is 5.78. The highest BCUT2D eigenvalue weighted by Gasteiger charge is 2.08. The van der Waals surface area contributed by atoms with E-state index in [-0.39, 0.29) is 6.54 Å². The molecule has 4 rings (SSSR count). The molecule has 0 unspecified atom stereocenters. The van der Waals surface area contributed by atoms with Gasteiger partial charge in [0, 0.05) is 11.3 Å². The molecule has 0 aliphatic carbocycles. The van der Waals surface area contributed by atoms with Crippen LogP contribution in [0, 0.1) is 13.8 Å². The van der Waals surface area contributed by atoms with Crippen LogP contribution in [0.2, 0.25) is 0 Å². The van der Waals surface area contributed by atoms with E-state index in [0.29, 0.717) is 6.54 Å². The number of aryl methyl sites for hydroxylation is 2. The van der Waals surface area contributed by atoms with Gasteiger partial charge in [-0.05, 0) is 54.8 Å². The van der Waals surface area contributed by atoms with E-state index < -0.39 is 11.4 Å². The lowest BCUT2D eigenvalue weighted by atomic mass is 9.99. The van der Waals surface area contributed by atoms with Gasteiger partial charge in [-0.25, -0.2) is 14.6 Å². The van der Waals surface area contributed by atoms with Crippen LogP contribution in [0.1, 0.15) is 22.4 Å². The summed E-state index contributed by atoms with van der Waals surface area (Å²) in [6.45, 7) is 4.98. The molecule has 0 saturated carbocycles. The molecule has 0 radical (unpaired) electrons. The Hall–Kier alpha value is -3.87. The van der Waals surface area contributed by atoms with Gasteiger partial charge in [0.05, 0.1) is 24.5 Å². The fraction of sp³-hybridized carbons (Fsp3) is 0.174. The summed E-state index contributed by atoms with van der Waals surface area (Å²) in [6.07, 6.45) is 0. The van der Waals surface area contributed by atoms with Gasteiger partial charge in [0.15, 0.2) is 0 Å². The van der Waals surface area contributed by atoms with E-state index in [1.807, 2.05) is 42.5 Å². The monoisotopic (exact) mass is 402 g/mol. The zero-order chi connectivity index (χ0) is 21.1. The number of pyridine rings is 1. The average Bonchev–Trinajstić information content (AvgIpc) is 3.04. The zero-order valence-corrected chi connectivity index (χ0v) is 16.8. The number of benzene rings is 2. The number of nitrogens with zero attached hydrogens (tertiary/aromatic N) is 2. The Balaban J connectivity index is 1.44. The average molecular weight is 402 g/mol. The third-order valence-corrected chi connectivity index (χ3v) is 4.93. The highest BCUT2D eigenvalue weighted by atomic mass is 16.5. The number of H-pyrrole nitrogens is 1. The Morgan fingerprint density at radius 2 is 1.67 bits per heavy atom. The Morgan fingerprint density at radius 3 is 2.33 bits per heavy atom. The van der Waals surface area contributed by atoms with E-state index in [0.717, 1.165) is 27.4 Å². The summed E-state index contributed by atoms with van der Waals surface area (Å²) in [7, 11) is 0. The molecule has 0 aliphatic rings. The number of hydrogen-bond acceptors (Lipinski definition) is 5. The van der Waals surface area contributed by atoms with Crippen molar-refractivity contribution in [1.82, 2.24) is 14.7 Å². The molecule has 2 aromatic carbocycles. The van der Waals surface area contributed by atoms with Crippen LogP contribution >= 0.6 is 0 Å². The molecule has 2 heterocycles. The molecule has 2 aromatic heterocycles. The van der Waals surface area contributed by atoms with Crippen LogP contribution in [0.4, 0.5) is 5.69 Å². The topological polar surface area (TPSA) is 92.9 Å². The van der Waals surface area contributed by atoms with Gasteiger partial charge in [0.25, 0.3) is 0 Å². The van der Waals surface area contributed by atoms with E-state index in [2.05, 4.69) is 42.3 Å². The largest absolute Gasteiger partial charge is 0.440 e. The number of anilines is 1. The SMILES string of the molecule is Cc1cccc(C)c1-c1cccc(CNc2ccc(Cn3oc(=O)[nH]c3=O)cc2)n1. The number of rotatable bonds is 6. The lowest BCUT2D eigenvalue weighted by molar-refractivity contribution is 0.258. The zero-order valence-electron chi connectivity index (χ0n) is 16.8. The predicted octanol–water partition coefficient (Wildman–Crippen LogP) is 3.47. The lowest BCUT2D eigenvalue weighted by Crippen LogP contribution is -2.17. The minimum atomic E-state index is -0.756. The van der Waals surface area contributed by atoms with Crippen LogP contribution in [0.5, 0.6) is 0 Å². The Labute approximate surface area is 173 Å². The predicted molar refractivity (Wildman–Crippen MR) is 116 cm³/mol. The maximum Gasteiger partial charge on any atom is 0.440 e. The first-order valence-corrected chi connectivity index (χ1v) is 9.65. The Morgan fingerprint density at radius 1 is 0.967 bits per heavy atom. The smallest absolute Gasteiger partial charge is 0.379 e. The van der Waals surface area contributed by atoms with Crippen LogP contribution in [0.25, 0.3) is 11.3 Å². The second kappa shape index (κ2) is 8.24. The molecule has 2 N–H and O–H groups in total. The fourth-order valence-electron chi connectivity index (χ4n) is 3.44. The van der Waals surface area contributed by atoms with Crippen molar-refractivity contribution in [3.05, 3.63) is 104 Å². The standard InChI is InChI=1S/C23H22N4O3/c1-15-5-3-6-16(2)21(15)20-8-4-7-19(25-20)13-24-18-11-9-17(10-12-18)14-27-22(28)26-23(29)30-27/h3-12,24H,13-14H2,1-2H3,(H,26,28,29). The molecule has 30 heavy (non-hydrogen) atoms. The van der Waals surface area contributed by atoms with Crippen molar-refractivity contribution >= 4 is 5.69 Å². The molecular weight excluding hydrogens is 380 g/mol. The normalized spacial score (nSPS) is 10.9. The number of aromatic nitrogens is 3. The first-order chi connectivity index (χ1) is 14.5. The van der Waals surface area contributed by atoms with E-state index in [1.165, 1.54) is 16.7 Å². The molecule has 0 spiro atoms. The van der Waals surface area contributed by atoms with Crippen molar-refractivity contribution < 1.29 is 4.52 Å². The molecule has 7 nitrogen and oxygen atoms in total. The highest BCUT2D eigenvalue weighted by Crippen LogP contribution is 2.25. The van der Waals surface area contributed by atoms with Crippen LogP contribution < -0.4 is 16.8 Å². The van der Waals surface area contributed by atoms with Gasteiger partial charge in [-0.15, -0.1) is 4.74 Å². The lowest BCUT2D eigenvalue weighted by Gasteiger charge is -2.11. The molecule has 0 atom stereocenters. The highest BCUT2D eigenvalue weighted by molar-refractivity contribution is 5.67. The van der Waals surface area contributed by atoms with Crippen molar-refractivity contribution in [2.45, 2.75) is 26.9 Å². The summed E-state index contributed by atoms with van der Waals surface area (Å²) in [5.41, 5.74) is 6.73. The molecule has 0 saturated heterocycles. The molecule has 7 heteroatoms. The third kappa shape index (κ3) is 4.25. The van der Waals surface area contributed by atoms with Crippen molar-refractivity contribution in [2.75, 3.05) is 5.32 Å². The molecule has 152 valence electrons. The maximum absolute atomic E-state index is 11.5. The van der Waals surface area contributed by atoms with Crippen molar-refractivity contribution in [1.29, 1.82) is 0 Å². The summed E-state index contributed by atoms with van der Waals surface area (Å²) >= 11 is 0. The quantitative estimate of drug-likeness (QED) is 0.515. The first kappa shape index (κ1) is 19.4. The summed E-state index contributed by atoms with van der Waals surface area (Å²) in [5, 5.41) is 3.36. The van der Waals surface area contributed by atoms with Gasteiger partial charge in [-0.3, -0.25) is 4.98 Å². The van der Waals surface area contributed by atoms with E-state index in [1.54, 1.807) is 0 Å². The second-order valence-electron chi connectivity index (χ2n) is 7.18. The number of nitrogens with one attached hydrogen (secondary N) is 2. The van der Waals surface area contributed by atoms with Gasteiger partial charge in [0.2, 0.25) is 0 Å². The van der Waals surface area contributed by atoms with Gasteiger partial charge >= 0.3 is 11.4 Å². The Bertz CT molecular complexity index is 1260.